The van der Waals surface area contributed by atoms with Crippen LogP contribution in [-0.4, -0.2) is 53.2 Å². The molecule has 134 valence electrons. The maximum Gasteiger partial charge on any atom is 0.246 e. The van der Waals surface area contributed by atoms with Gasteiger partial charge in [0.2, 0.25) is 5.91 Å². The summed E-state index contributed by atoms with van der Waals surface area (Å²) in [6, 6.07) is 4.32. The lowest BCUT2D eigenvalue weighted by Crippen LogP contribution is -2.55. The van der Waals surface area contributed by atoms with E-state index in [0.29, 0.717) is 13.1 Å². The van der Waals surface area contributed by atoms with Crippen LogP contribution in [-0.2, 0) is 24.8 Å². The van der Waals surface area contributed by atoms with Crippen molar-refractivity contribution in [3.63, 3.8) is 0 Å². The molecule has 1 aliphatic rings. The Morgan fingerprint density at radius 2 is 2.16 bits per heavy atom. The van der Waals surface area contributed by atoms with Gasteiger partial charge in [-0.05, 0) is 18.6 Å². The molecule has 3 heterocycles. The van der Waals surface area contributed by atoms with E-state index in [2.05, 4.69) is 34.5 Å². The van der Waals surface area contributed by atoms with Crippen LogP contribution < -0.4 is 10.2 Å². The summed E-state index contributed by atoms with van der Waals surface area (Å²) < 4.78 is 1.71. The minimum absolute atomic E-state index is 0.0617. The number of nitrogens with one attached hydrogen (secondary N) is 1. The van der Waals surface area contributed by atoms with Gasteiger partial charge in [0, 0.05) is 43.1 Å². The van der Waals surface area contributed by atoms with E-state index in [1.807, 2.05) is 29.5 Å². The van der Waals surface area contributed by atoms with Gasteiger partial charge in [0.15, 0.2) is 5.96 Å². The summed E-state index contributed by atoms with van der Waals surface area (Å²) >= 11 is 1.81. The van der Waals surface area contributed by atoms with Crippen molar-refractivity contribution in [1.82, 2.24) is 20.0 Å². The van der Waals surface area contributed by atoms with Crippen molar-refractivity contribution in [2.24, 2.45) is 12.0 Å². The van der Waals surface area contributed by atoms with E-state index in [1.54, 1.807) is 22.8 Å². The lowest BCUT2D eigenvalue weighted by atomic mass is 10.3. The van der Waals surface area contributed by atoms with Gasteiger partial charge in [0.25, 0.3) is 0 Å². The van der Waals surface area contributed by atoms with E-state index in [9.17, 15) is 4.79 Å². The molecule has 8 heteroatoms. The molecule has 2 aromatic heterocycles. The molecule has 3 rings (SSSR count). The normalized spacial score (nSPS) is 15.8. The van der Waals surface area contributed by atoms with Crippen LogP contribution in [0.15, 0.2) is 29.5 Å². The zero-order valence-corrected chi connectivity index (χ0v) is 15.7. The number of nitrogens with zero attached hydrogens (tertiary/aromatic N) is 5. The number of aromatic nitrogens is 2. The highest BCUT2D eigenvalue weighted by molar-refractivity contribution is 7.11. The summed E-state index contributed by atoms with van der Waals surface area (Å²) in [6.07, 6.45) is 4.65. The summed E-state index contributed by atoms with van der Waals surface area (Å²) in [5.41, 5.74) is 0.848. The largest absolute Gasteiger partial charge is 0.351 e. The van der Waals surface area contributed by atoms with Crippen LogP contribution in [0, 0.1) is 0 Å². The molecule has 0 bridgehead atoms. The van der Waals surface area contributed by atoms with Gasteiger partial charge in [-0.15, -0.1) is 11.3 Å². The molecule has 1 aliphatic heterocycles. The summed E-state index contributed by atoms with van der Waals surface area (Å²) in [5, 5.41) is 7.51. The number of rotatable bonds is 4. The number of hydrogen-bond donors (Lipinski definition) is 1. The lowest BCUT2D eigenvalue weighted by Gasteiger charge is -2.35. The number of amides is 1. The lowest BCUT2D eigenvalue weighted by molar-refractivity contribution is -0.120. The Kier molecular flexibility index (Phi) is 5.37. The number of thiophene rings is 1. The van der Waals surface area contributed by atoms with Gasteiger partial charge in [0.05, 0.1) is 18.4 Å². The molecular formula is C17H24N6OS. The highest BCUT2D eigenvalue weighted by atomic mass is 32.1. The highest BCUT2D eigenvalue weighted by Crippen LogP contribution is 2.18. The zero-order chi connectivity index (χ0) is 17.8. The Morgan fingerprint density at radius 1 is 1.36 bits per heavy atom. The van der Waals surface area contributed by atoms with Crippen LogP contribution in [0.3, 0.4) is 0 Å². The molecule has 0 radical (unpaired) electrons. The van der Waals surface area contributed by atoms with Crippen LogP contribution in [0.2, 0.25) is 0 Å². The fourth-order valence-corrected chi connectivity index (χ4v) is 3.78. The van der Waals surface area contributed by atoms with Gasteiger partial charge >= 0.3 is 0 Å². The third kappa shape index (κ3) is 4.01. The smallest absolute Gasteiger partial charge is 0.246 e. The van der Waals surface area contributed by atoms with E-state index < -0.39 is 0 Å². The Bertz CT molecular complexity index is 765. The molecule has 2 aromatic rings. The molecule has 25 heavy (non-hydrogen) atoms. The number of aryl methyl sites for hydroxylation is 2. The number of anilines is 1. The van der Waals surface area contributed by atoms with Gasteiger partial charge in [-0.3, -0.25) is 14.5 Å². The minimum atomic E-state index is 0.0617. The molecule has 0 aliphatic carbocycles. The Labute approximate surface area is 152 Å². The molecular weight excluding hydrogens is 336 g/mol. The summed E-state index contributed by atoms with van der Waals surface area (Å²) in [4.78, 5) is 23.3. The summed E-state index contributed by atoms with van der Waals surface area (Å²) in [7, 11) is 3.61. The molecule has 0 aromatic carbocycles. The monoisotopic (exact) mass is 360 g/mol. The maximum atomic E-state index is 12.5. The first kappa shape index (κ1) is 17.5. The molecule has 0 atom stereocenters. The van der Waals surface area contributed by atoms with Gasteiger partial charge in [-0.1, -0.05) is 6.92 Å². The number of carbonyl (C=O) groups is 1. The van der Waals surface area contributed by atoms with Crippen molar-refractivity contribution in [1.29, 1.82) is 0 Å². The van der Waals surface area contributed by atoms with Crippen molar-refractivity contribution in [3.8, 4) is 0 Å². The number of guanidine groups is 1. The number of carbonyl (C=O) groups excluding carboxylic acids is 1. The fraction of sp³-hybridized carbons (Fsp3) is 0.471. The molecule has 0 spiro atoms. The van der Waals surface area contributed by atoms with E-state index in [1.165, 1.54) is 9.75 Å². The Hall–Kier alpha value is -2.35. The first-order valence-electron chi connectivity index (χ1n) is 8.43. The summed E-state index contributed by atoms with van der Waals surface area (Å²) in [6.45, 7) is 4.58. The van der Waals surface area contributed by atoms with E-state index in [0.717, 1.165) is 31.2 Å². The third-order valence-corrected chi connectivity index (χ3v) is 5.45. The van der Waals surface area contributed by atoms with Gasteiger partial charge in [-0.25, -0.2) is 0 Å². The first-order valence-corrected chi connectivity index (χ1v) is 9.24. The Morgan fingerprint density at radius 3 is 2.76 bits per heavy atom. The molecule has 1 N–H and O–H groups in total. The second-order valence-electron chi connectivity index (χ2n) is 5.96. The first-order chi connectivity index (χ1) is 12.1. The minimum Gasteiger partial charge on any atom is -0.351 e. The fourth-order valence-electron chi connectivity index (χ4n) is 2.88. The van der Waals surface area contributed by atoms with E-state index in [-0.39, 0.29) is 5.91 Å². The number of piperazine rings is 1. The predicted octanol–water partition coefficient (Wildman–Crippen LogP) is 1.47. The van der Waals surface area contributed by atoms with E-state index >= 15 is 0 Å². The second-order valence-corrected chi connectivity index (χ2v) is 7.21. The molecule has 0 unspecified atom stereocenters. The highest BCUT2D eigenvalue weighted by Gasteiger charge is 2.27. The topological polar surface area (TPSA) is 65.8 Å². The maximum absolute atomic E-state index is 12.5. The molecule has 1 fully saturated rings. The van der Waals surface area contributed by atoms with Crippen LogP contribution in [0.1, 0.15) is 16.7 Å². The van der Waals surface area contributed by atoms with Gasteiger partial charge < -0.3 is 15.1 Å². The quantitative estimate of drug-likeness (QED) is 0.662. The molecule has 7 nitrogen and oxygen atoms in total. The summed E-state index contributed by atoms with van der Waals surface area (Å²) in [5.74, 6) is 0.831. The van der Waals surface area contributed by atoms with E-state index in [4.69, 9.17) is 0 Å². The average molecular weight is 360 g/mol. The molecule has 1 amide bonds. The Balaban J connectivity index is 1.58. The van der Waals surface area contributed by atoms with Gasteiger partial charge in [-0.2, -0.15) is 5.10 Å². The van der Waals surface area contributed by atoms with Crippen molar-refractivity contribution >= 4 is 28.9 Å². The van der Waals surface area contributed by atoms with Crippen LogP contribution in [0.5, 0.6) is 0 Å². The standard InChI is InChI=1S/C17H24N6OS/c1-4-14-5-6-15(25-14)10-19-17(18-2)22-7-8-23(16(24)12-22)13-9-20-21(3)11-13/h5-6,9,11H,4,7-8,10,12H2,1-3H3,(H,18,19). The van der Waals surface area contributed by atoms with Gasteiger partial charge in [0.1, 0.15) is 6.54 Å². The second kappa shape index (κ2) is 7.69. The van der Waals surface area contributed by atoms with Crippen LogP contribution in [0.25, 0.3) is 0 Å². The van der Waals surface area contributed by atoms with Crippen molar-refractivity contribution in [2.75, 3.05) is 31.6 Å². The van der Waals surface area contributed by atoms with Crippen molar-refractivity contribution < 1.29 is 4.79 Å². The van der Waals surface area contributed by atoms with Crippen LogP contribution >= 0.6 is 11.3 Å². The van der Waals surface area contributed by atoms with Crippen molar-refractivity contribution in [3.05, 3.63) is 34.3 Å². The van der Waals surface area contributed by atoms with Crippen LogP contribution in [0.4, 0.5) is 5.69 Å². The SMILES string of the molecule is CCc1ccc(CNC(=NC)N2CCN(c3cnn(C)c3)C(=O)C2)s1. The zero-order valence-electron chi connectivity index (χ0n) is 14.9. The molecule has 1 saturated heterocycles. The third-order valence-electron chi connectivity index (χ3n) is 4.22. The number of aliphatic imine (C=N–C) groups is 1. The number of hydrogen-bond acceptors (Lipinski definition) is 4. The predicted molar refractivity (Wildman–Crippen MR) is 101 cm³/mol. The average Bonchev–Trinajstić information content (AvgIpc) is 3.24. The van der Waals surface area contributed by atoms with Crippen molar-refractivity contribution in [2.45, 2.75) is 19.9 Å². The molecule has 0 saturated carbocycles.